The average molecular weight is 391 g/mol. The summed E-state index contributed by atoms with van der Waals surface area (Å²) in [5.41, 5.74) is 1.30. The molecule has 1 heterocycles. The fourth-order valence-electron chi connectivity index (χ4n) is 2.04. The number of benzene rings is 1. The van der Waals surface area contributed by atoms with E-state index in [1.54, 1.807) is 24.3 Å². The highest BCUT2D eigenvalue weighted by molar-refractivity contribution is 8.01. The highest BCUT2D eigenvalue weighted by atomic mass is 32.2. The number of amides is 3. The molecule has 0 spiro atoms. The van der Waals surface area contributed by atoms with E-state index in [0.717, 1.165) is 12.8 Å². The molecule has 3 N–H and O–H groups in total. The molecular formula is C16H17N5O3S2. The Labute approximate surface area is 158 Å². The van der Waals surface area contributed by atoms with Gasteiger partial charge in [-0.3, -0.25) is 14.4 Å². The fourth-order valence-corrected chi connectivity index (χ4v) is 3.59. The summed E-state index contributed by atoms with van der Waals surface area (Å²) in [7, 11) is 0. The minimum atomic E-state index is -0.180. The third-order valence-electron chi connectivity index (χ3n) is 3.40. The summed E-state index contributed by atoms with van der Waals surface area (Å²) >= 11 is 2.51. The van der Waals surface area contributed by atoms with Crippen molar-refractivity contribution in [2.45, 2.75) is 24.1 Å². The van der Waals surface area contributed by atoms with Gasteiger partial charge in [0.2, 0.25) is 22.9 Å². The predicted octanol–water partition coefficient (Wildman–Crippen LogP) is 2.58. The number of nitrogens with one attached hydrogen (secondary N) is 3. The molecule has 3 amide bonds. The van der Waals surface area contributed by atoms with Crippen molar-refractivity contribution in [1.82, 2.24) is 10.2 Å². The number of nitrogens with zero attached hydrogens (tertiary/aromatic N) is 2. The molecule has 0 atom stereocenters. The minimum absolute atomic E-state index is 0.0156. The second-order valence-electron chi connectivity index (χ2n) is 5.73. The molecule has 0 saturated heterocycles. The highest BCUT2D eigenvalue weighted by Crippen LogP contribution is 2.31. The van der Waals surface area contributed by atoms with Gasteiger partial charge in [0.05, 0.1) is 5.75 Å². The number of aromatic nitrogens is 2. The monoisotopic (exact) mass is 391 g/mol. The van der Waals surface area contributed by atoms with Gasteiger partial charge in [-0.2, -0.15) is 0 Å². The Morgan fingerprint density at radius 2 is 1.73 bits per heavy atom. The molecule has 0 unspecified atom stereocenters. The lowest BCUT2D eigenvalue weighted by Gasteiger charge is -2.06. The third-order valence-corrected chi connectivity index (χ3v) is 5.37. The number of carbonyl (C=O) groups is 3. The van der Waals surface area contributed by atoms with Crippen LogP contribution in [0.15, 0.2) is 28.6 Å². The van der Waals surface area contributed by atoms with Gasteiger partial charge >= 0.3 is 0 Å². The van der Waals surface area contributed by atoms with E-state index in [9.17, 15) is 14.4 Å². The van der Waals surface area contributed by atoms with Crippen molar-refractivity contribution >= 4 is 57.3 Å². The SMILES string of the molecule is CC(=O)Nc1ccc(NC(=O)CSc2nnc(NC(=O)C3CC3)s2)cc1. The smallest absolute Gasteiger partial charge is 0.234 e. The average Bonchev–Trinajstić information content (AvgIpc) is 3.36. The first-order valence-electron chi connectivity index (χ1n) is 7.94. The van der Waals surface area contributed by atoms with Crippen molar-refractivity contribution in [1.29, 1.82) is 0 Å². The largest absolute Gasteiger partial charge is 0.326 e. The molecule has 2 aromatic rings. The Morgan fingerprint density at radius 3 is 2.35 bits per heavy atom. The van der Waals surface area contributed by atoms with Crippen LogP contribution in [0.5, 0.6) is 0 Å². The molecule has 0 radical (unpaired) electrons. The van der Waals surface area contributed by atoms with E-state index in [1.165, 1.54) is 30.0 Å². The normalized spacial score (nSPS) is 13.1. The number of carbonyl (C=O) groups excluding carboxylic acids is 3. The molecule has 1 saturated carbocycles. The van der Waals surface area contributed by atoms with Crippen LogP contribution in [0.2, 0.25) is 0 Å². The van der Waals surface area contributed by atoms with Crippen molar-refractivity contribution in [3.63, 3.8) is 0 Å². The van der Waals surface area contributed by atoms with E-state index >= 15 is 0 Å². The number of anilines is 3. The molecule has 10 heteroatoms. The van der Waals surface area contributed by atoms with Crippen molar-refractivity contribution in [3.8, 4) is 0 Å². The van der Waals surface area contributed by atoms with Gasteiger partial charge in [0.1, 0.15) is 0 Å². The molecule has 3 rings (SSSR count). The van der Waals surface area contributed by atoms with Crippen LogP contribution in [0.4, 0.5) is 16.5 Å². The Kier molecular flexibility index (Phi) is 5.84. The van der Waals surface area contributed by atoms with Crippen molar-refractivity contribution < 1.29 is 14.4 Å². The molecule has 0 bridgehead atoms. The number of thioether (sulfide) groups is 1. The Hall–Kier alpha value is -2.46. The molecule has 0 aliphatic heterocycles. The number of rotatable bonds is 7. The second-order valence-corrected chi connectivity index (χ2v) is 7.93. The molecule has 1 aromatic carbocycles. The Morgan fingerprint density at radius 1 is 1.08 bits per heavy atom. The quantitative estimate of drug-likeness (QED) is 0.494. The second kappa shape index (κ2) is 8.28. The van der Waals surface area contributed by atoms with Crippen LogP contribution in [-0.2, 0) is 14.4 Å². The molecular weight excluding hydrogens is 374 g/mol. The van der Waals surface area contributed by atoms with Crippen LogP contribution in [0.3, 0.4) is 0 Å². The summed E-state index contributed by atoms with van der Waals surface area (Å²) in [6.45, 7) is 1.43. The summed E-state index contributed by atoms with van der Waals surface area (Å²) in [6, 6.07) is 6.85. The highest BCUT2D eigenvalue weighted by Gasteiger charge is 2.30. The summed E-state index contributed by atoms with van der Waals surface area (Å²) in [4.78, 5) is 34.7. The maximum Gasteiger partial charge on any atom is 0.234 e. The van der Waals surface area contributed by atoms with Crippen LogP contribution < -0.4 is 16.0 Å². The zero-order valence-electron chi connectivity index (χ0n) is 13.9. The molecule has 136 valence electrons. The van der Waals surface area contributed by atoms with Crippen molar-refractivity contribution in [3.05, 3.63) is 24.3 Å². The van der Waals surface area contributed by atoms with E-state index in [4.69, 9.17) is 0 Å². The van der Waals surface area contributed by atoms with Gasteiger partial charge in [-0.15, -0.1) is 10.2 Å². The van der Waals surface area contributed by atoms with Crippen LogP contribution in [0.1, 0.15) is 19.8 Å². The van der Waals surface area contributed by atoms with Crippen LogP contribution in [-0.4, -0.2) is 33.7 Å². The zero-order valence-corrected chi connectivity index (χ0v) is 15.6. The fraction of sp³-hybridized carbons (Fsp3) is 0.312. The minimum Gasteiger partial charge on any atom is -0.326 e. The van der Waals surface area contributed by atoms with Gasteiger partial charge in [0.25, 0.3) is 0 Å². The lowest BCUT2D eigenvalue weighted by molar-refractivity contribution is -0.117. The van der Waals surface area contributed by atoms with E-state index in [-0.39, 0.29) is 29.4 Å². The molecule has 1 aliphatic rings. The summed E-state index contributed by atoms with van der Waals surface area (Å²) in [5.74, 6) is -0.0569. The topological polar surface area (TPSA) is 113 Å². The third kappa shape index (κ3) is 5.53. The van der Waals surface area contributed by atoms with Crippen LogP contribution in [0, 0.1) is 5.92 Å². The van der Waals surface area contributed by atoms with Gasteiger partial charge in [0, 0.05) is 24.2 Å². The molecule has 8 nitrogen and oxygen atoms in total. The lowest BCUT2D eigenvalue weighted by Crippen LogP contribution is -2.14. The van der Waals surface area contributed by atoms with Crippen LogP contribution in [0.25, 0.3) is 0 Å². The Bertz CT molecular complexity index is 818. The van der Waals surface area contributed by atoms with Gasteiger partial charge < -0.3 is 16.0 Å². The summed E-state index contributed by atoms with van der Waals surface area (Å²) in [5, 5.41) is 16.5. The first-order chi connectivity index (χ1) is 12.5. The molecule has 26 heavy (non-hydrogen) atoms. The predicted molar refractivity (Wildman–Crippen MR) is 101 cm³/mol. The number of hydrogen-bond acceptors (Lipinski definition) is 7. The van der Waals surface area contributed by atoms with Crippen molar-refractivity contribution in [2.24, 2.45) is 5.92 Å². The van der Waals surface area contributed by atoms with Crippen LogP contribution >= 0.6 is 23.1 Å². The lowest BCUT2D eigenvalue weighted by atomic mass is 10.3. The number of hydrogen-bond donors (Lipinski definition) is 3. The van der Waals surface area contributed by atoms with E-state index < -0.39 is 0 Å². The Balaban J connectivity index is 1.44. The van der Waals surface area contributed by atoms with E-state index in [2.05, 4.69) is 26.1 Å². The zero-order chi connectivity index (χ0) is 18.5. The summed E-state index contributed by atoms with van der Waals surface area (Å²) in [6.07, 6.45) is 1.86. The standard InChI is InChI=1S/C16H17N5O3S2/c1-9(22)17-11-4-6-12(7-5-11)18-13(23)8-25-16-21-20-15(26-16)19-14(24)10-2-3-10/h4-7,10H,2-3,8H2,1H3,(H,17,22)(H,18,23)(H,19,20,24). The van der Waals surface area contributed by atoms with Gasteiger partial charge in [0.15, 0.2) is 4.34 Å². The van der Waals surface area contributed by atoms with Gasteiger partial charge in [-0.05, 0) is 37.1 Å². The van der Waals surface area contributed by atoms with E-state index in [1.807, 2.05) is 0 Å². The van der Waals surface area contributed by atoms with Gasteiger partial charge in [-0.25, -0.2) is 0 Å². The first-order valence-corrected chi connectivity index (χ1v) is 9.74. The van der Waals surface area contributed by atoms with Crippen molar-refractivity contribution in [2.75, 3.05) is 21.7 Å². The summed E-state index contributed by atoms with van der Waals surface area (Å²) < 4.78 is 0.618. The van der Waals surface area contributed by atoms with Gasteiger partial charge in [-0.1, -0.05) is 23.1 Å². The molecule has 1 aliphatic carbocycles. The maximum absolute atomic E-state index is 12.0. The van der Waals surface area contributed by atoms with E-state index in [0.29, 0.717) is 20.8 Å². The molecule has 1 fully saturated rings. The maximum atomic E-state index is 12.0. The molecule has 1 aromatic heterocycles. The first kappa shape index (κ1) is 18.3.